The fourth-order valence-electron chi connectivity index (χ4n) is 1.17. The number of aryl methyl sites for hydroxylation is 1. The maximum absolute atomic E-state index is 11.5. The van der Waals surface area contributed by atoms with E-state index in [1.54, 1.807) is 6.07 Å². The lowest BCUT2D eigenvalue weighted by molar-refractivity contribution is -0.115. The van der Waals surface area contributed by atoms with Gasteiger partial charge >= 0.3 is 0 Å². The summed E-state index contributed by atoms with van der Waals surface area (Å²) in [6.07, 6.45) is 0. The average molecular weight is 238 g/mol. The van der Waals surface area contributed by atoms with E-state index in [-0.39, 0.29) is 24.4 Å². The van der Waals surface area contributed by atoms with Crippen LogP contribution in [-0.4, -0.2) is 35.6 Å². The third-order valence-electron chi connectivity index (χ3n) is 1.96. The Morgan fingerprint density at radius 3 is 2.76 bits per heavy atom. The Balaban J connectivity index is 2.61. The molecule has 0 atom stereocenters. The van der Waals surface area contributed by atoms with Gasteiger partial charge in [0, 0.05) is 17.8 Å². The Bertz CT molecular complexity index is 393. The van der Waals surface area contributed by atoms with E-state index in [9.17, 15) is 4.79 Å². The van der Waals surface area contributed by atoms with Crippen LogP contribution in [0.5, 0.6) is 5.88 Å². The lowest BCUT2D eigenvalue weighted by Crippen LogP contribution is -2.33. The van der Waals surface area contributed by atoms with E-state index in [0.29, 0.717) is 5.88 Å². The second kappa shape index (κ2) is 6.15. The van der Waals surface area contributed by atoms with Gasteiger partial charge < -0.3 is 10.1 Å². The summed E-state index contributed by atoms with van der Waals surface area (Å²) in [5.74, 6) is 0.522. The van der Waals surface area contributed by atoms with Crippen LogP contribution in [0.15, 0.2) is 6.07 Å². The van der Waals surface area contributed by atoms with E-state index in [1.165, 1.54) is 7.11 Å². The molecule has 17 heavy (non-hydrogen) atoms. The highest BCUT2D eigenvalue weighted by molar-refractivity contribution is 5.90. The molecule has 2 N–H and O–H groups in total. The summed E-state index contributed by atoms with van der Waals surface area (Å²) in [5, 5.41) is 5.62. The number of nitrogens with one attached hydrogen (secondary N) is 2. The molecule has 6 heteroatoms. The minimum atomic E-state index is -0.175. The number of carbonyl (C=O) groups excluding carboxylic acids is 1. The summed E-state index contributed by atoms with van der Waals surface area (Å²) < 4.78 is 5.00. The number of aromatic nitrogens is 2. The molecule has 0 fully saturated rings. The highest BCUT2D eigenvalue weighted by Gasteiger charge is 2.07. The van der Waals surface area contributed by atoms with Crippen molar-refractivity contribution in [3.63, 3.8) is 0 Å². The van der Waals surface area contributed by atoms with Gasteiger partial charge in [-0.3, -0.25) is 10.1 Å². The molecule has 0 aliphatic carbocycles. The van der Waals surface area contributed by atoms with Crippen molar-refractivity contribution in [2.75, 3.05) is 19.0 Å². The first kappa shape index (κ1) is 13.4. The number of carbonyl (C=O) groups is 1. The van der Waals surface area contributed by atoms with Crippen molar-refractivity contribution in [1.29, 1.82) is 0 Å². The first-order valence-electron chi connectivity index (χ1n) is 5.44. The lowest BCUT2D eigenvalue weighted by atomic mass is 10.4. The van der Waals surface area contributed by atoms with Crippen LogP contribution in [0.1, 0.15) is 19.5 Å². The summed E-state index contributed by atoms with van der Waals surface area (Å²) >= 11 is 0. The summed E-state index contributed by atoms with van der Waals surface area (Å²) in [4.78, 5) is 19.7. The molecule has 0 radical (unpaired) electrons. The number of ether oxygens (including phenoxy) is 1. The smallest absolute Gasteiger partial charge is 0.240 e. The van der Waals surface area contributed by atoms with Gasteiger partial charge in [-0.25, -0.2) is 4.98 Å². The molecule has 0 bridgehead atoms. The van der Waals surface area contributed by atoms with Crippen molar-refractivity contribution in [3.05, 3.63) is 11.8 Å². The fraction of sp³-hybridized carbons (Fsp3) is 0.545. The molecule has 0 aliphatic rings. The van der Waals surface area contributed by atoms with E-state index in [4.69, 9.17) is 4.74 Å². The molecule has 0 unspecified atom stereocenters. The molecule has 0 aromatic carbocycles. The quantitative estimate of drug-likeness (QED) is 0.791. The molecule has 1 rings (SSSR count). The van der Waals surface area contributed by atoms with Crippen LogP contribution in [-0.2, 0) is 4.79 Å². The molecule has 94 valence electrons. The van der Waals surface area contributed by atoms with Gasteiger partial charge in [-0.1, -0.05) is 13.8 Å². The van der Waals surface area contributed by atoms with Crippen LogP contribution in [0.2, 0.25) is 0 Å². The Morgan fingerprint density at radius 1 is 1.47 bits per heavy atom. The largest absolute Gasteiger partial charge is 0.481 e. The zero-order valence-corrected chi connectivity index (χ0v) is 10.6. The monoisotopic (exact) mass is 238 g/mol. The van der Waals surface area contributed by atoms with Crippen LogP contribution in [0, 0.1) is 6.92 Å². The fourth-order valence-corrected chi connectivity index (χ4v) is 1.17. The number of nitrogens with zero attached hydrogens (tertiary/aromatic N) is 2. The third kappa shape index (κ3) is 4.78. The van der Waals surface area contributed by atoms with Crippen molar-refractivity contribution in [2.24, 2.45) is 0 Å². The van der Waals surface area contributed by atoms with Gasteiger partial charge in [0.1, 0.15) is 0 Å². The third-order valence-corrected chi connectivity index (χ3v) is 1.96. The van der Waals surface area contributed by atoms with Gasteiger partial charge in [0.25, 0.3) is 0 Å². The van der Waals surface area contributed by atoms with E-state index in [0.717, 1.165) is 5.69 Å². The Labute approximate surface area is 101 Å². The van der Waals surface area contributed by atoms with E-state index in [1.807, 2.05) is 20.8 Å². The summed E-state index contributed by atoms with van der Waals surface area (Å²) in [7, 11) is 1.52. The molecule has 1 aromatic rings. The summed E-state index contributed by atoms with van der Waals surface area (Å²) in [6, 6.07) is 1.95. The number of methoxy groups -OCH3 is 1. The van der Waals surface area contributed by atoms with E-state index in [2.05, 4.69) is 20.6 Å². The highest BCUT2D eigenvalue weighted by atomic mass is 16.5. The van der Waals surface area contributed by atoms with Crippen LogP contribution in [0.3, 0.4) is 0 Å². The average Bonchev–Trinajstić information content (AvgIpc) is 2.25. The topological polar surface area (TPSA) is 76.1 Å². The van der Waals surface area contributed by atoms with Gasteiger partial charge in [0.05, 0.1) is 13.7 Å². The second-order valence-corrected chi connectivity index (χ2v) is 3.96. The normalized spacial score (nSPS) is 10.4. The molecule has 0 aliphatic heterocycles. The second-order valence-electron chi connectivity index (χ2n) is 3.96. The maximum Gasteiger partial charge on any atom is 0.240 e. The molecule has 1 heterocycles. The lowest BCUT2D eigenvalue weighted by Gasteiger charge is -2.09. The number of hydrogen-bond donors (Lipinski definition) is 2. The number of amides is 1. The zero-order valence-electron chi connectivity index (χ0n) is 10.6. The minimum Gasteiger partial charge on any atom is -0.481 e. The highest BCUT2D eigenvalue weighted by Crippen LogP contribution is 2.10. The molecule has 1 aromatic heterocycles. The molecule has 6 nitrogen and oxygen atoms in total. The van der Waals surface area contributed by atoms with Gasteiger partial charge in [-0.2, -0.15) is 4.98 Å². The van der Waals surface area contributed by atoms with Crippen LogP contribution >= 0.6 is 0 Å². The van der Waals surface area contributed by atoms with E-state index < -0.39 is 0 Å². The van der Waals surface area contributed by atoms with Crippen molar-refractivity contribution in [1.82, 2.24) is 15.3 Å². The predicted molar refractivity (Wildman–Crippen MR) is 65.1 cm³/mol. The predicted octanol–water partition coefficient (Wildman–Crippen LogP) is 0.730. The van der Waals surface area contributed by atoms with Gasteiger partial charge in [0.2, 0.25) is 17.7 Å². The molecule has 0 spiro atoms. The van der Waals surface area contributed by atoms with E-state index >= 15 is 0 Å². The standard InChI is InChI=1S/C11H18N4O2/c1-7(2)12-6-9(16)14-11-13-8(3)5-10(15-11)17-4/h5,7,12H,6H2,1-4H3,(H,13,14,15,16). The Morgan fingerprint density at radius 2 is 2.18 bits per heavy atom. The molecule has 0 saturated carbocycles. The first-order chi connectivity index (χ1) is 8.01. The van der Waals surface area contributed by atoms with Gasteiger partial charge in [-0.05, 0) is 6.92 Å². The summed E-state index contributed by atoms with van der Waals surface area (Å²) in [5.41, 5.74) is 0.740. The number of anilines is 1. The SMILES string of the molecule is COc1cc(C)nc(NC(=O)CNC(C)C)n1. The van der Waals surface area contributed by atoms with Crippen molar-refractivity contribution in [2.45, 2.75) is 26.8 Å². The molecular formula is C11H18N4O2. The number of rotatable bonds is 5. The molecule has 0 saturated heterocycles. The van der Waals surface area contributed by atoms with Crippen molar-refractivity contribution in [3.8, 4) is 5.88 Å². The van der Waals surface area contributed by atoms with Crippen LogP contribution in [0.25, 0.3) is 0 Å². The Hall–Kier alpha value is -1.69. The molecular weight excluding hydrogens is 220 g/mol. The number of hydrogen-bond acceptors (Lipinski definition) is 5. The van der Waals surface area contributed by atoms with Gasteiger partial charge in [-0.15, -0.1) is 0 Å². The van der Waals surface area contributed by atoms with Crippen LogP contribution in [0.4, 0.5) is 5.95 Å². The Kier molecular flexibility index (Phi) is 4.84. The van der Waals surface area contributed by atoms with Crippen molar-refractivity contribution >= 4 is 11.9 Å². The minimum absolute atomic E-state index is 0.175. The summed E-state index contributed by atoms with van der Waals surface area (Å²) in [6.45, 7) is 5.99. The zero-order chi connectivity index (χ0) is 12.8. The maximum atomic E-state index is 11.5. The van der Waals surface area contributed by atoms with Crippen LogP contribution < -0.4 is 15.4 Å². The first-order valence-corrected chi connectivity index (χ1v) is 5.44. The molecule has 1 amide bonds. The van der Waals surface area contributed by atoms with Gasteiger partial charge in [0.15, 0.2) is 0 Å². The van der Waals surface area contributed by atoms with Crippen molar-refractivity contribution < 1.29 is 9.53 Å².